The summed E-state index contributed by atoms with van der Waals surface area (Å²) in [6.07, 6.45) is 3.21. The third-order valence-electron chi connectivity index (χ3n) is 10.6. The Morgan fingerprint density at radius 2 is 1.84 bits per heavy atom. The number of hydrogen-bond acceptors (Lipinski definition) is 7. The molecule has 10 nitrogen and oxygen atoms in total. The Kier molecular flexibility index (Phi) is 12.5. The number of fused-ring (bicyclic) bond motifs is 1. The first-order chi connectivity index (χ1) is 24.4. The number of carbonyl (C=O) groups excluding carboxylic acids is 4. The third kappa shape index (κ3) is 7.27. The number of likely N-dealkylation sites (tertiary alicyclic amines) is 1. The van der Waals surface area contributed by atoms with Crippen molar-refractivity contribution < 1.29 is 33.8 Å². The molecule has 274 valence electrons. The number of nitrogens with zero attached hydrogens (tertiary/aromatic N) is 2. The minimum absolute atomic E-state index is 0.0940. The number of anilines is 1. The molecule has 0 saturated carbocycles. The lowest BCUT2D eigenvalue weighted by Crippen LogP contribution is -2.60. The lowest BCUT2D eigenvalue weighted by Gasteiger charge is -2.41. The van der Waals surface area contributed by atoms with Crippen LogP contribution in [0.25, 0.3) is 0 Å². The van der Waals surface area contributed by atoms with Crippen LogP contribution in [0, 0.1) is 17.8 Å². The van der Waals surface area contributed by atoms with Gasteiger partial charge in [-0.1, -0.05) is 102 Å². The van der Waals surface area contributed by atoms with E-state index in [4.69, 9.17) is 21.1 Å². The average molecular weight is 785 g/mol. The van der Waals surface area contributed by atoms with Crippen molar-refractivity contribution in [2.75, 3.05) is 18.1 Å². The number of rotatable bonds is 16. The van der Waals surface area contributed by atoms with Crippen LogP contribution in [0.5, 0.6) is 0 Å². The Bertz CT molecular complexity index is 1630. The van der Waals surface area contributed by atoms with Gasteiger partial charge in [0, 0.05) is 17.8 Å². The van der Waals surface area contributed by atoms with Gasteiger partial charge in [-0.25, -0.2) is 0 Å². The highest BCUT2D eigenvalue weighted by atomic mass is 79.9. The minimum Gasteiger partial charge on any atom is -0.455 e. The number of alkyl halides is 1. The Labute approximate surface area is 313 Å². The smallest absolute Gasteiger partial charge is 0.313 e. The number of para-hydroxylation sites is 1. The molecule has 2 aromatic carbocycles. The van der Waals surface area contributed by atoms with Crippen LogP contribution in [0.2, 0.25) is 5.02 Å². The van der Waals surface area contributed by atoms with E-state index in [2.05, 4.69) is 34.4 Å². The molecule has 3 heterocycles. The first-order valence-corrected chi connectivity index (χ1v) is 18.8. The van der Waals surface area contributed by atoms with Crippen LogP contribution >= 0.6 is 27.5 Å². The Morgan fingerprint density at radius 3 is 2.47 bits per heavy atom. The summed E-state index contributed by atoms with van der Waals surface area (Å²) in [5, 5.41) is 14.0. The summed E-state index contributed by atoms with van der Waals surface area (Å²) in [7, 11) is 0. The summed E-state index contributed by atoms with van der Waals surface area (Å²) in [6.45, 7) is 12.9. The number of esters is 1. The second-order valence-electron chi connectivity index (χ2n) is 13.7. The van der Waals surface area contributed by atoms with Gasteiger partial charge in [0.1, 0.15) is 17.7 Å². The van der Waals surface area contributed by atoms with Crippen LogP contribution in [0.4, 0.5) is 5.69 Å². The number of ether oxygens (including phenoxy) is 2. The fourth-order valence-electron chi connectivity index (χ4n) is 7.98. The molecular weight excluding hydrogens is 738 g/mol. The van der Waals surface area contributed by atoms with Gasteiger partial charge in [-0.2, -0.15) is 0 Å². The van der Waals surface area contributed by atoms with Crippen LogP contribution in [0.3, 0.4) is 0 Å². The van der Waals surface area contributed by atoms with Gasteiger partial charge < -0.3 is 29.7 Å². The highest BCUT2D eigenvalue weighted by molar-refractivity contribution is 9.09. The fourth-order valence-corrected chi connectivity index (χ4v) is 9.16. The molecule has 51 heavy (non-hydrogen) atoms. The number of nitrogens with one attached hydrogen (secondary N) is 1. The van der Waals surface area contributed by atoms with Crippen molar-refractivity contribution in [3.05, 3.63) is 90.5 Å². The maximum Gasteiger partial charge on any atom is 0.313 e. The highest BCUT2D eigenvalue weighted by Gasteiger charge is 2.78. The monoisotopic (exact) mass is 783 g/mol. The van der Waals surface area contributed by atoms with E-state index in [-0.39, 0.29) is 36.0 Å². The van der Waals surface area contributed by atoms with E-state index < -0.39 is 72.2 Å². The van der Waals surface area contributed by atoms with Gasteiger partial charge in [0.15, 0.2) is 0 Å². The number of carbonyl (C=O) groups is 4. The first-order valence-electron chi connectivity index (χ1n) is 17.5. The normalized spacial score (nSPS) is 27.2. The van der Waals surface area contributed by atoms with E-state index in [0.717, 1.165) is 0 Å². The number of allylic oxidation sites excluding steroid dienone is 1. The van der Waals surface area contributed by atoms with Crippen molar-refractivity contribution in [1.29, 1.82) is 0 Å². The van der Waals surface area contributed by atoms with Gasteiger partial charge in [-0.15, -0.1) is 13.2 Å². The third-order valence-corrected chi connectivity index (χ3v) is 11.8. The topological polar surface area (TPSA) is 125 Å². The van der Waals surface area contributed by atoms with E-state index >= 15 is 0 Å². The Morgan fingerprint density at radius 1 is 1.16 bits per heavy atom. The highest BCUT2D eigenvalue weighted by Crippen LogP contribution is 2.61. The van der Waals surface area contributed by atoms with Crippen LogP contribution in [0.15, 0.2) is 79.9 Å². The fraction of sp³-hybridized carbons (Fsp3) is 0.487. The minimum atomic E-state index is -1.41. The standard InChI is InChI=1S/C39H47BrClN3O7/c1-6-9-19-30(46)42-24(5)33(25-15-11-10-12-16-25)50-38(49)31-32-36(47)44(29(22-45)23(4)8-3)35(39(32)21-26(40)34(31)51-39)37(48)43(20-7-2)28-18-14-13-17-27(28)41/h6-7,10-18,23-24,26,29,31-35,45H,1-2,8-9,19-22H2,3-5H3,(H,42,46)/t23-,24-,26?,29-,31+,32-,33-,34+,35+,39-/m0/s1. The average Bonchev–Trinajstić information content (AvgIpc) is 3.72. The number of benzene rings is 2. The molecule has 2 N–H and O–H groups in total. The maximum absolute atomic E-state index is 15.0. The van der Waals surface area contributed by atoms with Crippen LogP contribution in [0.1, 0.15) is 58.1 Å². The molecule has 3 fully saturated rings. The van der Waals surface area contributed by atoms with E-state index in [1.807, 2.05) is 44.2 Å². The second kappa shape index (κ2) is 16.4. The van der Waals surface area contributed by atoms with E-state index in [1.165, 1.54) is 9.80 Å². The zero-order valence-corrected chi connectivity index (χ0v) is 31.6. The van der Waals surface area contributed by atoms with Gasteiger partial charge in [0.05, 0.1) is 47.3 Å². The van der Waals surface area contributed by atoms with Crippen molar-refractivity contribution in [3.8, 4) is 0 Å². The van der Waals surface area contributed by atoms with Gasteiger partial charge in [-0.05, 0) is 43.4 Å². The summed E-state index contributed by atoms with van der Waals surface area (Å²) < 4.78 is 13.0. The molecule has 3 aliphatic heterocycles. The Balaban J connectivity index is 1.56. The largest absolute Gasteiger partial charge is 0.455 e. The van der Waals surface area contributed by atoms with E-state index in [1.54, 1.807) is 43.3 Å². The molecule has 1 unspecified atom stereocenters. The van der Waals surface area contributed by atoms with Crippen molar-refractivity contribution in [1.82, 2.24) is 10.2 Å². The molecular formula is C39H47BrClN3O7. The molecule has 3 saturated heterocycles. The van der Waals surface area contributed by atoms with Crippen molar-refractivity contribution >= 4 is 56.9 Å². The van der Waals surface area contributed by atoms with Gasteiger partial charge in [0.2, 0.25) is 11.8 Å². The summed E-state index contributed by atoms with van der Waals surface area (Å²) in [5.74, 6) is -4.11. The molecule has 5 rings (SSSR count). The Hall–Kier alpha value is -3.51. The predicted molar refractivity (Wildman–Crippen MR) is 199 cm³/mol. The van der Waals surface area contributed by atoms with Crippen LogP contribution in [-0.4, -0.2) is 81.5 Å². The number of hydrogen-bond donors (Lipinski definition) is 2. The first kappa shape index (κ1) is 38.7. The number of aliphatic hydroxyl groups is 1. The molecule has 0 aliphatic carbocycles. The maximum atomic E-state index is 15.0. The summed E-state index contributed by atoms with van der Waals surface area (Å²) in [4.78, 5) is 59.7. The summed E-state index contributed by atoms with van der Waals surface area (Å²) in [5.41, 5.74) is -0.305. The molecule has 2 bridgehead atoms. The molecule has 2 aromatic rings. The molecule has 3 amide bonds. The molecule has 12 heteroatoms. The lowest BCUT2D eigenvalue weighted by molar-refractivity contribution is -0.162. The lowest BCUT2D eigenvalue weighted by atomic mass is 9.70. The summed E-state index contributed by atoms with van der Waals surface area (Å²) >= 11 is 10.3. The van der Waals surface area contributed by atoms with E-state index in [9.17, 15) is 24.3 Å². The van der Waals surface area contributed by atoms with Gasteiger partial charge >= 0.3 is 5.97 Å². The molecule has 0 radical (unpaired) electrons. The quantitative estimate of drug-likeness (QED) is 0.126. The molecule has 1 spiro atoms. The zero-order chi connectivity index (χ0) is 37.0. The predicted octanol–water partition coefficient (Wildman–Crippen LogP) is 5.77. The molecule has 3 aliphatic rings. The molecule has 0 aromatic heterocycles. The number of amides is 3. The van der Waals surface area contributed by atoms with Crippen molar-refractivity contribution in [3.63, 3.8) is 0 Å². The second-order valence-corrected chi connectivity index (χ2v) is 15.3. The van der Waals surface area contributed by atoms with Crippen LogP contribution in [-0.2, 0) is 28.7 Å². The van der Waals surface area contributed by atoms with Crippen LogP contribution < -0.4 is 10.2 Å². The van der Waals surface area contributed by atoms with E-state index in [0.29, 0.717) is 29.1 Å². The van der Waals surface area contributed by atoms with Gasteiger partial charge in [0.25, 0.3) is 5.91 Å². The summed E-state index contributed by atoms with van der Waals surface area (Å²) in [6, 6.07) is 13.5. The SMILES string of the molecule is C=CCCC(=O)N[C@@H](C)[C@H](OC(=O)[C@H]1[C@@H]2O[C@@]3(CC2Br)[C@@H]1C(=O)N([C@@H](CO)[C@@H](C)CC)[C@@H]3C(=O)N(CC=C)c1ccccc1Cl)c1ccccc1. The van der Waals surface area contributed by atoms with Crippen molar-refractivity contribution in [2.45, 2.75) is 87.2 Å². The number of halogens is 2. The zero-order valence-electron chi connectivity index (χ0n) is 29.3. The number of aliphatic hydroxyl groups excluding tert-OH is 1. The van der Waals surface area contributed by atoms with Crippen molar-refractivity contribution in [2.24, 2.45) is 17.8 Å². The molecule has 10 atom stereocenters. The van der Waals surface area contributed by atoms with Gasteiger partial charge in [-0.3, -0.25) is 19.2 Å².